The van der Waals surface area contributed by atoms with Crippen LogP contribution in [0.5, 0.6) is 0 Å². The molecule has 108 valence electrons. The largest absolute Gasteiger partial charge is 0.330 e. The molecule has 0 aromatic carbocycles. The second-order valence-corrected chi connectivity index (χ2v) is 7.81. The lowest BCUT2D eigenvalue weighted by molar-refractivity contribution is 0.257. The van der Waals surface area contributed by atoms with Crippen LogP contribution in [0.4, 0.5) is 0 Å². The third-order valence-electron chi connectivity index (χ3n) is 3.63. The van der Waals surface area contributed by atoms with Gasteiger partial charge >= 0.3 is 0 Å². The fraction of sp³-hybridized carbons (Fsp3) is 1.00. The molecule has 0 aromatic heterocycles. The zero-order valence-corrected chi connectivity index (χ0v) is 13.1. The van der Waals surface area contributed by atoms with Crippen LogP contribution in [0.2, 0.25) is 0 Å². The molecular formula is C11H25N3O2S2. The van der Waals surface area contributed by atoms with E-state index in [1.165, 1.54) is 4.31 Å². The summed E-state index contributed by atoms with van der Waals surface area (Å²) < 4.78 is 27.9. The molecule has 0 saturated carbocycles. The molecule has 1 aliphatic heterocycles. The Labute approximate surface area is 115 Å². The Morgan fingerprint density at radius 3 is 2.44 bits per heavy atom. The van der Waals surface area contributed by atoms with E-state index in [4.69, 9.17) is 5.73 Å². The van der Waals surface area contributed by atoms with E-state index in [1.54, 1.807) is 23.1 Å². The van der Waals surface area contributed by atoms with Crippen LogP contribution in [0, 0.1) is 5.92 Å². The van der Waals surface area contributed by atoms with Gasteiger partial charge in [-0.05, 0) is 38.5 Å². The number of hydrogen-bond acceptors (Lipinski definition) is 4. The molecule has 2 N–H and O–H groups in total. The lowest BCUT2D eigenvalue weighted by Crippen LogP contribution is -2.49. The van der Waals surface area contributed by atoms with Gasteiger partial charge < -0.3 is 5.73 Å². The van der Waals surface area contributed by atoms with Gasteiger partial charge in [-0.15, -0.1) is 0 Å². The van der Waals surface area contributed by atoms with E-state index in [0.717, 1.165) is 18.6 Å². The molecule has 0 aliphatic carbocycles. The first-order valence-electron chi connectivity index (χ1n) is 6.35. The van der Waals surface area contributed by atoms with Crippen molar-refractivity contribution in [3.05, 3.63) is 0 Å². The van der Waals surface area contributed by atoms with Gasteiger partial charge in [0, 0.05) is 31.9 Å². The van der Waals surface area contributed by atoms with Gasteiger partial charge in [-0.25, -0.2) is 0 Å². The van der Waals surface area contributed by atoms with Crippen LogP contribution in [-0.4, -0.2) is 61.8 Å². The van der Waals surface area contributed by atoms with Gasteiger partial charge in [0.25, 0.3) is 10.2 Å². The predicted molar refractivity (Wildman–Crippen MR) is 77.9 cm³/mol. The van der Waals surface area contributed by atoms with Crippen LogP contribution in [-0.2, 0) is 10.2 Å². The zero-order valence-electron chi connectivity index (χ0n) is 11.5. The van der Waals surface area contributed by atoms with E-state index in [-0.39, 0.29) is 6.04 Å². The standard InChI is InChI=1S/C11H25N3O2S2/c1-10(9-17-3)13(2)18(15,16)14-6-4-11(8-12)5-7-14/h10-11H,4-9,12H2,1-3H3. The Kier molecular flexibility index (Phi) is 6.40. The molecule has 0 spiro atoms. The highest BCUT2D eigenvalue weighted by Crippen LogP contribution is 2.21. The molecule has 1 heterocycles. The summed E-state index contributed by atoms with van der Waals surface area (Å²) in [5.74, 6) is 1.29. The van der Waals surface area contributed by atoms with Gasteiger partial charge in [0.1, 0.15) is 0 Å². The van der Waals surface area contributed by atoms with Gasteiger partial charge in [-0.3, -0.25) is 0 Å². The monoisotopic (exact) mass is 295 g/mol. The second-order valence-electron chi connectivity index (χ2n) is 4.91. The molecule has 1 aliphatic rings. The Hall–Kier alpha value is 0.180. The average molecular weight is 295 g/mol. The Morgan fingerprint density at radius 1 is 1.44 bits per heavy atom. The van der Waals surface area contributed by atoms with E-state index in [2.05, 4.69) is 0 Å². The minimum atomic E-state index is -3.30. The van der Waals surface area contributed by atoms with Crippen LogP contribution < -0.4 is 5.73 Å². The van der Waals surface area contributed by atoms with E-state index in [9.17, 15) is 8.42 Å². The topological polar surface area (TPSA) is 66.6 Å². The Balaban J connectivity index is 2.64. The lowest BCUT2D eigenvalue weighted by Gasteiger charge is -2.35. The predicted octanol–water partition coefficient (Wildman–Crippen LogP) is 0.585. The molecule has 18 heavy (non-hydrogen) atoms. The lowest BCUT2D eigenvalue weighted by atomic mass is 9.99. The summed E-state index contributed by atoms with van der Waals surface area (Å²) in [7, 11) is -1.63. The molecule has 1 atom stereocenters. The first-order chi connectivity index (χ1) is 8.43. The van der Waals surface area contributed by atoms with Gasteiger partial charge in [0.15, 0.2) is 0 Å². The molecule has 7 heteroatoms. The fourth-order valence-electron chi connectivity index (χ4n) is 2.13. The molecule has 1 fully saturated rings. The highest BCUT2D eigenvalue weighted by atomic mass is 32.2. The van der Waals surface area contributed by atoms with Gasteiger partial charge in [0.2, 0.25) is 0 Å². The number of piperidine rings is 1. The summed E-state index contributed by atoms with van der Waals surface area (Å²) in [4.78, 5) is 0. The zero-order chi connectivity index (χ0) is 13.8. The first kappa shape index (κ1) is 16.2. The number of thioether (sulfide) groups is 1. The van der Waals surface area contributed by atoms with Crippen LogP contribution in [0.3, 0.4) is 0 Å². The smallest absolute Gasteiger partial charge is 0.281 e. The summed E-state index contributed by atoms with van der Waals surface area (Å²) in [6.45, 7) is 3.80. The second kappa shape index (κ2) is 7.09. The molecule has 0 amide bonds. The summed E-state index contributed by atoms with van der Waals surface area (Å²) in [5, 5.41) is 0. The number of nitrogens with two attached hydrogens (primary N) is 1. The summed E-state index contributed by atoms with van der Waals surface area (Å²) in [6.07, 6.45) is 3.74. The normalized spacial score (nSPS) is 21.4. The maximum absolute atomic E-state index is 12.4. The third-order valence-corrected chi connectivity index (χ3v) is 6.55. The van der Waals surface area contributed by atoms with Crippen LogP contribution in [0.25, 0.3) is 0 Å². The van der Waals surface area contributed by atoms with Gasteiger partial charge in [-0.1, -0.05) is 0 Å². The first-order valence-corrected chi connectivity index (χ1v) is 9.14. The highest BCUT2D eigenvalue weighted by molar-refractivity contribution is 7.98. The van der Waals surface area contributed by atoms with Crippen molar-refractivity contribution in [1.29, 1.82) is 0 Å². The third kappa shape index (κ3) is 3.84. The van der Waals surface area contributed by atoms with Gasteiger partial charge in [0.05, 0.1) is 0 Å². The maximum atomic E-state index is 12.4. The van der Waals surface area contributed by atoms with Crippen molar-refractivity contribution in [2.75, 3.05) is 38.7 Å². The van der Waals surface area contributed by atoms with E-state index < -0.39 is 10.2 Å². The quantitative estimate of drug-likeness (QED) is 0.778. The fourth-order valence-corrected chi connectivity index (χ4v) is 4.50. The molecule has 1 saturated heterocycles. The van der Waals surface area contributed by atoms with E-state index >= 15 is 0 Å². The van der Waals surface area contributed by atoms with Crippen molar-refractivity contribution < 1.29 is 8.42 Å². The number of nitrogens with zero attached hydrogens (tertiary/aromatic N) is 2. The minimum absolute atomic E-state index is 0.0252. The molecule has 0 radical (unpaired) electrons. The molecule has 0 aromatic rings. The van der Waals surface area contributed by atoms with Crippen molar-refractivity contribution >= 4 is 22.0 Å². The van der Waals surface area contributed by atoms with Crippen molar-refractivity contribution in [2.24, 2.45) is 11.7 Å². The van der Waals surface area contributed by atoms with Crippen molar-refractivity contribution in [3.8, 4) is 0 Å². The maximum Gasteiger partial charge on any atom is 0.281 e. The van der Waals surface area contributed by atoms with Crippen molar-refractivity contribution in [2.45, 2.75) is 25.8 Å². The Bertz CT molecular complexity index is 340. The summed E-state index contributed by atoms with van der Waals surface area (Å²) in [6, 6.07) is 0.0252. The van der Waals surface area contributed by atoms with Crippen LogP contribution in [0.1, 0.15) is 19.8 Å². The van der Waals surface area contributed by atoms with Crippen LogP contribution in [0.15, 0.2) is 0 Å². The highest BCUT2D eigenvalue weighted by Gasteiger charge is 2.32. The molecule has 1 unspecified atom stereocenters. The molecule has 0 bridgehead atoms. The summed E-state index contributed by atoms with van der Waals surface area (Å²) >= 11 is 1.66. The van der Waals surface area contributed by atoms with E-state index in [1.807, 2.05) is 13.2 Å². The van der Waals surface area contributed by atoms with Crippen molar-refractivity contribution in [3.63, 3.8) is 0 Å². The minimum Gasteiger partial charge on any atom is -0.330 e. The average Bonchev–Trinajstić information content (AvgIpc) is 2.38. The molecular weight excluding hydrogens is 270 g/mol. The van der Waals surface area contributed by atoms with E-state index in [0.29, 0.717) is 25.6 Å². The van der Waals surface area contributed by atoms with Crippen molar-refractivity contribution in [1.82, 2.24) is 8.61 Å². The SMILES string of the molecule is CSCC(C)N(C)S(=O)(=O)N1CCC(CN)CC1. The summed E-state index contributed by atoms with van der Waals surface area (Å²) in [5.41, 5.74) is 5.62. The molecule has 1 rings (SSSR count). The molecule has 5 nitrogen and oxygen atoms in total. The number of rotatable bonds is 6. The number of hydrogen-bond donors (Lipinski definition) is 1. The Morgan fingerprint density at radius 2 is 2.00 bits per heavy atom. The van der Waals surface area contributed by atoms with Gasteiger partial charge in [-0.2, -0.15) is 28.8 Å². The van der Waals surface area contributed by atoms with Crippen LogP contribution >= 0.6 is 11.8 Å².